The van der Waals surface area contributed by atoms with E-state index in [0.717, 1.165) is 12.0 Å². The van der Waals surface area contributed by atoms with Gasteiger partial charge in [0.25, 0.3) is 0 Å². The molecule has 6 heteroatoms. The van der Waals surface area contributed by atoms with Crippen molar-refractivity contribution in [2.75, 3.05) is 6.54 Å². The molecule has 19 heavy (non-hydrogen) atoms. The van der Waals surface area contributed by atoms with Crippen LogP contribution in [-0.4, -0.2) is 17.4 Å². The maximum absolute atomic E-state index is 9.89. The molecule has 1 aliphatic heterocycles. The highest BCUT2D eigenvalue weighted by Gasteiger charge is 2.30. The fourth-order valence-electron chi connectivity index (χ4n) is 1.88. The SMILES string of the molecule is CCC1(C)OCc2ccc(C(O)CN=[N+]=[N-])cc2O1. The first-order chi connectivity index (χ1) is 9.08. The van der Waals surface area contributed by atoms with E-state index in [1.807, 2.05) is 19.9 Å². The fourth-order valence-corrected chi connectivity index (χ4v) is 1.88. The zero-order valence-electron chi connectivity index (χ0n) is 11.0. The molecule has 6 nitrogen and oxygen atoms in total. The number of rotatable bonds is 4. The lowest BCUT2D eigenvalue weighted by molar-refractivity contribution is -0.194. The molecule has 0 spiro atoms. The van der Waals surface area contributed by atoms with E-state index in [9.17, 15) is 5.11 Å². The quantitative estimate of drug-likeness (QED) is 0.514. The predicted molar refractivity (Wildman–Crippen MR) is 69.5 cm³/mol. The molecule has 1 heterocycles. The molecule has 1 aromatic rings. The summed E-state index contributed by atoms with van der Waals surface area (Å²) < 4.78 is 11.5. The molecule has 0 aromatic heterocycles. The van der Waals surface area contributed by atoms with Crippen LogP contribution >= 0.6 is 0 Å². The second kappa shape index (κ2) is 5.48. The van der Waals surface area contributed by atoms with Crippen molar-refractivity contribution in [3.05, 3.63) is 39.8 Å². The summed E-state index contributed by atoms with van der Waals surface area (Å²) in [6.45, 7) is 4.38. The van der Waals surface area contributed by atoms with Crippen molar-refractivity contribution < 1.29 is 14.6 Å². The molecule has 0 saturated heterocycles. The molecule has 0 aliphatic carbocycles. The van der Waals surface area contributed by atoms with Crippen LogP contribution in [-0.2, 0) is 11.3 Å². The van der Waals surface area contributed by atoms with Crippen LogP contribution in [0.4, 0.5) is 0 Å². The Bertz CT molecular complexity index is 514. The first-order valence-corrected chi connectivity index (χ1v) is 6.22. The molecule has 0 bridgehead atoms. The third kappa shape index (κ3) is 2.98. The van der Waals surface area contributed by atoms with Crippen molar-refractivity contribution in [3.8, 4) is 5.75 Å². The van der Waals surface area contributed by atoms with Gasteiger partial charge in [0.2, 0.25) is 5.79 Å². The average molecular weight is 263 g/mol. The molecule has 1 aromatic carbocycles. The Balaban J connectivity index is 2.23. The Morgan fingerprint density at radius 1 is 1.58 bits per heavy atom. The van der Waals surface area contributed by atoms with Crippen molar-refractivity contribution in [1.29, 1.82) is 0 Å². The number of fused-ring (bicyclic) bond motifs is 1. The summed E-state index contributed by atoms with van der Waals surface area (Å²) in [5, 5.41) is 13.3. The zero-order chi connectivity index (χ0) is 13.9. The number of ether oxygens (including phenoxy) is 2. The van der Waals surface area contributed by atoms with E-state index < -0.39 is 11.9 Å². The average Bonchev–Trinajstić information content (AvgIpc) is 2.44. The van der Waals surface area contributed by atoms with Crippen LogP contribution in [0.1, 0.15) is 37.5 Å². The number of azide groups is 1. The van der Waals surface area contributed by atoms with Gasteiger partial charge in [0.1, 0.15) is 5.75 Å². The minimum atomic E-state index is -0.819. The van der Waals surface area contributed by atoms with Gasteiger partial charge < -0.3 is 14.6 Å². The van der Waals surface area contributed by atoms with Crippen molar-refractivity contribution in [1.82, 2.24) is 0 Å². The third-order valence-corrected chi connectivity index (χ3v) is 3.29. The van der Waals surface area contributed by atoms with Gasteiger partial charge in [-0.05, 0) is 17.2 Å². The second-order valence-corrected chi connectivity index (χ2v) is 4.67. The normalized spacial score (nSPS) is 22.9. The first kappa shape index (κ1) is 13.7. The molecule has 102 valence electrons. The Morgan fingerprint density at radius 3 is 3.05 bits per heavy atom. The minimum absolute atomic E-state index is 0.0107. The van der Waals surface area contributed by atoms with E-state index in [1.165, 1.54) is 0 Å². The molecule has 0 saturated carbocycles. The van der Waals surface area contributed by atoms with E-state index in [4.69, 9.17) is 15.0 Å². The Morgan fingerprint density at radius 2 is 2.37 bits per heavy atom. The molecule has 1 aliphatic rings. The maximum Gasteiger partial charge on any atom is 0.207 e. The summed E-state index contributed by atoms with van der Waals surface area (Å²) in [4.78, 5) is 2.64. The molecule has 0 amide bonds. The minimum Gasteiger partial charge on any atom is -0.462 e. The molecule has 0 radical (unpaired) electrons. The van der Waals surface area contributed by atoms with Crippen LogP contribution in [0.15, 0.2) is 23.3 Å². The molecule has 0 fully saturated rings. The van der Waals surface area contributed by atoms with Gasteiger partial charge in [0.15, 0.2) is 0 Å². The summed E-state index contributed by atoms with van der Waals surface area (Å²) >= 11 is 0. The lowest BCUT2D eigenvalue weighted by atomic mass is 10.0. The van der Waals surface area contributed by atoms with Gasteiger partial charge in [-0.25, -0.2) is 0 Å². The van der Waals surface area contributed by atoms with E-state index in [0.29, 0.717) is 17.9 Å². The van der Waals surface area contributed by atoms with Crippen LogP contribution in [0.25, 0.3) is 10.4 Å². The highest BCUT2D eigenvalue weighted by atomic mass is 16.7. The second-order valence-electron chi connectivity index (χ2n) is 4.67. The van der Waals surface area contributed by atoms with Crippen molar-refractivity contribution in [3.63, 3.8) is 0 Å². The first-order valence-electron chi connectivity index (χ1n) is 6.22. The smallest absolute Gasteiger partial charge is 0.207 e. The number of aliphatic hydroxyl groups is 1. The number of hydrogen-bond acceptors (Lipinski definition) is 4. The summed E-state index contributed by atoms with van der Waals surface area (Å²) in [5.41, 5.74) is 9.88. The van der Waals surface area contributed by atoms with Crippen LogP contribution in [0.2, 0.25) is 0 Å². The molecular weight excluding hydrogens is 246 g/mol. The highest BCUT2D eigenvalue weighted by molar-refractivity contribution is 5.39. The van der Waals surface area contributed by atoms with Crippen LogP contribution in [0.5, 0.6) is 5.75 Å². The van der Waals surface area contributed by atoms with Crippen molar-refractivity contribution >= 4 is 0 Å². The van der Waals surface area contributed by atoms with Gasteiger partial charge in [0.05, 0.1) is 19.3 Å². The Hall–Kier alpha value is -1.75. The molecule has 1 N–H and O–H groups in total. The van der Waals surface area contributed by atoms with E-state index in [2.05, 4.69) is 10.0 Å². The predicted octanol–water partition coefficient (Wildman–Crippen LogP) is 3.07. The molecular formula is C13H17N3O3. The fraction of sp³-hybridized carbons (Fsp3) is 0.538. The summed E-state index contributed by atoms with van der Waals surface area (Å²) in [5.74, 6) is 0.0922. The van der Waals surface area contributed by atoms with Crippen LogP contribution in [0.3, 0.4) is 0 Å². The van der Waals surface area contributed by atoms with Crippen molar-refractivity contribution in [2.45, 2.75) is 38.8 Å². The highest BCUT2D eigenvalue weighted by Crippen LogP contribution is 2.34. The molecule has 2 rings (SSSR count). The summed E-state index contributed by atoms with van der Waals surface area (Å²) in [7, 11) is 0. The molecule has 2 unspecified atom stereocenters. The van der Waals surface area contributed by atoms with Gasteiger partial charge in [-0.3, -0.25) is 0 Å². The number of hydrogen-bond donors (Lipinski definition) is 1. The van der Waals surface area contributed by atoms with Gasteiger partial charge in [-0.15, -0.1) is 0 Å². The lowest BCUT2D eigenvalue weighted by Gasteiger charge is -2.35. The Labute approximate surface area is 111 Å². The van der Waals surface area contributed by atoms with Gasteiger partial charge in [-0.1, -0.05) is 24.2 Å². The van der Waals surface area contributed by atoms with Crippen molar-refractivity contribution in [2.24, 2.45) is 5.11 Å². The largest absolute Gasteiger partial charge is 0.462 e. The maximum atomic E-state index is 9.89. The monoisotopic (exact) mass is 263 g/mol. The number of aliphatic hydroxyl groups excluding tert-OH is 1. The third-order valence-electron chi connectivity index (χ3n) is 3.29. The van der Waals surface area contributed by atoms with E-state index >= 15 is 0 Å². The summed E-state index contributed by atoms with van der Waals surface area (Å²) in [6, 6.07) is 5.43. The van der Waals surface area contributed by atoms with E-state index in [1.54, 1.807) is 12.1 Å². The van der Waals surface area contributed by atoms with Gasteiger partial charge in [0, 0.05) is 23.8 Å². The van der Waals surface area contributed by atoms with Gasteiger partial charge >= 0.3 is 0 Å². The topological polar surface area (TPSA) is 87.5 Å². The number of benzene rings is 1. The summed E-state index contributed by atoms with van der Waals surface area (Å²) in [6.07, 6.45) is -0.0849. The van der Waals surface area contributed by atoms with Crippen LogP contribution < -0.4 is 4.74 Å². The van der Waals surface area contributed by atoms with Crippen LogP contribution in [0, 0.1) is 0 Å². The van der Waals surface area contributed by atoms with E-state index in [-0.39, 0.29) is 6.54 Å². The lowest BCUT2D eigenvalue weighted by Crippen LogP contribution is -2.38. The number of nitrogens with zero attached hydrogens (tertiary/aromatic N) is 3. The Kier molecular flexibility index (Phi) is 3.95. The molecule has 2 atom stereocenters. The standard InChI is InChI=1S/C13H17N3O3/c1-3-13(2)18-8-10-5-4-9(6-12(10)19-13)11(17)7-15-16-14/h4-6,11,17H,3,7-8H2,1-2H3. The van der Waals surface area contributed by atoms with Gasteiger partial charge in [-0.2, -0.15) is 0 Å². The zero-order valence-corrected chi connectivity index (χ0v) is 11.0.